The molecule has 0 aliphatic carbocycles. The van der Waals surface area contributed by atoms with Crippen LogP contribution >= 0.6 is 0 Å². The molecule has 0 atom stereocenters. The molecule has 0 bridgehead atoms. The standard InChI is InChI=1S/C21H25N3O4/c1-27-18-7-3-5-15(13-18)20(25)22-16-9-11-24(12-10-16)21(26)23-17-6-4-8-19(14-17)28-2/h3-8,13-14,16H,9-12H2,1-2H3,(H,22,25)(H,23,26). The van der Waals surface area contributed by atoms with E-state index < -0.39 is 0 Å². The fourth-order valence-electron chi connectivity index (χ4n) is 3.16. The van der Waals surface area contributed by atoms with Gasteiger partial charge in [0.25, 0.3) is 5.91 Å². The number of carbonyl (C=O) groups excluding carboxylic acids is 2. The Morgan fingerprint density at radius 1 is 0.964 bits per heavy atom. The molecule has 0 aromatic heterocycles. The first-order valence-electron chi connectivity index (χ1n) is 9.24. The Labute approximate surface area is 164 Å². The summed E-state index contributed by atoms with van der Waals surface area (Å²) in [4.78, 5) is 26.6. The van der Waals surface area contributed by atoms with Crippen molar-refractivity contribution in [3.8, 4) is 11.5 Å². The Balaban J connectivity index is 1.49. The zero-order valence-corrected chi connectivity index (χ0v) is 16.1. The van der Waals surface area contributed by atoms with Crippen molar-refractivity contribution in [1.82, 2.24) is 10.2 Å². The van der Waals surface area contributed by atoms with Gasteiger partial charge in [0.15, 0.2) is 0 Å². The average molecular weight is 383 g/mol. The van der Waals surface area contributed by atoms with Crippen LogP contribution in [0.1, 0.15) is 23.2 Å². The number of likely N-dealkylation sites (tertiary alicyclic amines) is 1. The summed E-state index contributed by atoms with van der Waals surface area (Å²) >= 11 is 0. The average Bonchev–Trinajstić information content (AvgIpc) is 2.74. The summed E-state index contributed by atoms with van der Waals surface area (Å²) in [7, 11) is 3.16. The number of benzene rings is 2. The minimum atomic E-state index is -0.147. The van der Waals surface area contributed by atoms with Gasteiger partial charge in [0.1, 0.15) is 11.5 Å². The summed E-state index contributed by atoms with van der Waals surface area (Å²) in [6, 6.07) is 14.2. The number of hydrogen-bond acceptors (Lipinski definition) is 4. The van der Waals surface area contributed by atoms with E-state index in [1.54, 1.807) is 49.5 Å². The maximum atomic E-state index is 12.5. The molecule has 7 nitrogen and oxygen atoms in total. The van der Waals surface area contributed by atoms with Crippen LogP contribution in [0.3, 0.4) is 0 Å². The number of urea groups is 1. The second-order valence-corrected chi connectivity index (χ2v) is 6.63. The fraction of sp³-hybridized carbons (Fsp3) is 0.333. The lowest BCUT2D eigenvalue weighted by molar-refractivity contribution is 0.0919. The van der Waals surface area contributed by atoms with E-state index in [1.807, 2.05) is 18.2 Å². The highest BCUT2D eigenvalue weighted by Crippen LogP contribution is 2.19. The van der Waals surface area contributed by atoms with Crippen molar-refractivity contribution in [3.05, 3.63) is 54.1 Å². The van der Waals surface area contributed by atoms with E-state index in [9.17, 15) is 9.59 Å². The smallest absolute Gasteiger partial charge is 0.321 e. The molecule has 2 aromatic rings. The highest BCUT2D eigenvalue weighted by atomic mass is 16.5. The molecular formula is C21H25N3O4. The molecule has 2 N–H and O–H groups in total. The van der Waals surface area contributed by atoms with E-state index in [-0.39, 0.29) is 18.0 Å². The highest BCUT2D eigenvalue weighted by molar-refractivity contribution is 5.94. The van der Waals surface area contributed by atoms with Crippen molar-refractivity contribution >= 4 is 17.6 Å². The molecule has 1 aliphatic heterocycles. The Kier molecular flexibility index (Phi) is 6.37. The number of amides is 3. The first-order chi connectivity index (χ1) is 13.6. The van der Waals surface area contributed by atoms with Crippen molar-refractivity contribution in [2.45, 2.75) is 18.9 Å². The molecule has 7 heteroatoms. The van der Waals surface area contributed by atoms with Crippen LogP contribution < -0.4 is 20.1 Å². The molecule has 3 rings (SSSR count). The second kappa shape index (κ2) is 9.12. The van der Waals surface area contributed by atoms with E-state index >= 15 is 0 Å². The lowest BCUT2D eigenvalue weighted by atomic mass is 10.0. The molecule has 1 fully saturated rings. The van der Waals surface area contributed by atoms with Crippen LogP contribution in [0, 0.1) is 0 Å². The molecule has 0 radical (unpaired) electrons. The van der Waals surface area contributed by atoms with E-state index in [4.69, 9.17) is 9.47 Å². The maximum absolute atomic E-state index is 12.5. The molecule has 1 saturated heterocycles. The van der Waals surface area contributed by atoms with Gasteiger partial charge in [0.2, 0.25) is 0 Å². The zero-order chi connectivity index (χ0) is 19.9. The van der Waals surface area contributed by atoms with Gasteiger partial charge in [-0.15, -0.1) is 0 Å². The first-order valence-corrected chi connectivity index (χ1v) is 9.24. The number of ether oxygens (including phenoxy) is 2. The molecule has 28 heavy (non-hydrogen) atoms. The van der Waals surface area contributed by atoms with E-state index in [0.717, 1.165) is 0 Å². The van der Waals surface area contributed by atoms with Gasteiger partial charge in [-0.25, -0.2) is 4.79 Å². The van der Waals surface area contributed by atoms with Gasteiger partial charge in [0.05, 0.1) is 14.2 Å². The van der Waals surface area contributed by atoms with Gasteiger partial charge in [-0.2, -0.15) is 0 Å². The zero-order valence-electron chi connectivity index (χ0n) is 16.1. The quantitative estimate of drug-likeness (QED) is 0.831. The van der Waals surface area contributed by atoms with Crippen molar-refractivity contribution in [2.75, 3.05) is 32.6 Å². The normalized spacial score (nSPS) is 14.3. The minimum Gasteiger partial charge on any atom is -0.497 e. The number of carbonyl (C=O) groups is 2. The van der Waals surface area contributed by atoms with Gasteiger partial charge in [-0.1, -0.05) is 12.1 Å². The van der Waals surface area contributed by atoms with Gasteiger partial charge >= 0.3 is 6.03 Å². The predicted molar refractivity (Wildman–Crippen MR) is 107 cm³/mol. The fourth-order valence-corrected chi connectivity index (χ4v) is 3.16. The van der Waals surface area contributed by atoms with Crippen LogP contribution in [0.25, 0.3) is 0 Å². The van der Waals surface area contributed by atoms with Gasteiger partial charge in [-0.3, -0.25) is 4.79 Å². The topological polar surface area (TPSA) is 79.9 Å². The lowest BCUT2D eigenvalue weighted by Crippen LogP contribution is -2.47. The number of nitrogens with zero attached hydrogens (tertiary/aromatic N) is 1. The molecule has 1 heterocycles. The van der Waals surface area contributed by atoms with Crippen molar-refractivity contribution in [1.29, 1.82) is 0 Å². The SMILES string of the molecule is COc1cccc(NC(=O)N2CCC(NC(=O)c3cccc(OC)c3)CC2)c1. The third-order valence-corrected chi connectivity index (χ3v) is 4.77. The third-order valence-electron chi connectivity index (χ3n) is 4.77. The summed E-state index contributed by atoms with van der Waals surface area (Å²) in [5.74, 6) is 1.21. The van der Waals surface area contributed by atoms with Gasteiger partial charge < -0.3 is 25.0 Å². The molecule has 0 unspecified atom stereocenters. The third kappa shape index (κ3) is 4.94. The lowest BCUT2D eigenvalue weighted by Gasteiger charge is -2.32. The number of nitrogens with one attached hydrogen (secondary N) is 2. The van der Waals surface area contributed by atoms with Crippen LogP contribution in [-0.2, 0) is 0 Å². The summed E-state index contributed by atoms with van der Waals surface area (Å²) in [6.07, 6.45) is 1.42. The molecular weight excluding hydrogens is 358 g/mol. The molecule has 0 saturated carbocycles. The molecule has 3 amide bonds. The van der Waals surface area contributed by atoms with Crippen LogP contribution in [0.2, 0.25) is 0 Å². The van der Waals surface area contributed by atoms with Gasteiger partial charge in [0, 0.05) is 36.4 Å². The van der Waals surface area contributed by atoms with Crippen LogP contribution in [0.15, 0.2) is 48.5 Å². The highest BCUT2D eigenvalue weighted by Gasteiger charge is 2.24. The Hall–Kier alpha value is -3.22. The predicted octanol–water partition coefficient (Wildman–Crippen LogP) is 3.13. The van der Waals surface area contributed by atoms with Crippen molar-refractivity contribution in [3.63, 3.8) is 0 Å². The number of piperidine rings is 1. The summed E-state index contributed by atoms with van der Waals surface area (Å²) < 4.78 is 10.3. The Morgan fingerprint density at radius 3 is 2.29 bits per heavy atom. The van der Waals surface area contributed by atoms with Crippen LogP contribution in [-0.4, -0.2) is 50.2 Å². The van der Waals surface area contributed by atoms with E-state index in [0.29, 0.717) is 48.7 Å². The first kappa shape index (κ1) is 19.5. The molecule has 1 aliphatic rings. The van der Waals surface area contributed by atoms with E-state index in [2.05, 4.69) is 10.6 Å². The molecule has 148 valence electrons. The summed E-state index contributed by atoms with van der Waals surface area (Å²) in [5.41, 5.74) is 1.26. The van der Waals surface area contributed by atoms with Crippen molar-refractivity contribution < 1.29 is 19.1 Å². The number of hydrogen-bond donors (Lipinski definition) is 2. The minimum absolute atomic E-state index is 0.0413. The van der Waals surface area contributed by atoms with Crippen molar-refractivity contribution in [2.24, 2.45) is 0 Å². The molecule has 2 aromatic carbocycles. The Morgan fingerprint density at radius 2 is 1.61 bits per heavy atom. The largest absolute Gasteiger partial charge is 0.497 e. The van der Waals surface area contributed by atoms with Gasteiger partial charge in [-0.05, 0) is 43.2 Å². The summed E-state index contributed by atoms with van der Waals surface area (Å²) in [6.45, 7) is 1.16. The number of anilines is 1. The molecule has 0 spiro atoms. The Bertz CT molecular complexity index is 832. The number of rotatable bonds is 5. The van der Waals surface area contributed by atoms with Crippen LogP contribution in [0.4, 0.5) is 10.5 Å². The monoisotopic (exact) mass is 383 g/mol. The van der Waals surface area contributed by atoms with E-state index in [1.165, 1.54) is 0 Å². The van der Waals surface area contributed by atoms with Crippen LogP contribution in [0.5, 0.6) is 11.5 Å². The maximum Gasteiger partial charge on any atom is 0.321 e. The second-order valence-electron chi connectivity index (χ2n) is 6.63. The summed E-state index contributed by atoms with van der Waals surface area (Å²) in [5, 5.41) is 5.93. The number of methoxy groups -OCH3 is 2.